The number of hydrogen-bond donors (Lipinski definition) is 2. The van der Waals surface area contributed by atoms with Gasteiger partial charge in [0.05, 0.1) is 5.92 Å². The first-order chi connectivity index (χ1) is 11.8. The van der Waals surface area contributed by atoms with Crippen molar-refractivity contribution in [3.8, 4) is 11.4 Å². The number of carbonyl (C=O) groups is 2. The Labute approximate surface area is 145 Å². The predicted octanol–water partition coefficient (Wildman–Crippen LogP) is 2.00. The van der Waals surface area contributed by atoms with E-state index in [1.807, 2.05) is 0 Å². The number of H-pyrrole nitrogens is 1. The average Bonchev–Trinajstić information content (AvgIpc) is 2.56. The normalized spacial score (nSPS) is 12.2. The van der Waals surface area contributed by atoms with Crippen molar-refractivity contribution in [3.63, 3.8) is 0 Å². The van der Waals surface area contributed by atoms with Gasteiger partial charge in [0.15, 0.2) is 0 Å². The fourth-order valence-corrected chi connectivity index (χ4v) is 2.59. The molecule has 0 aliphatic rings. The molecule has 0 fully saturated rings. The third kappa shape index (κ3) is 4.59. The second-order valence-corrected chi connectivity index (χ2v) is 6.32. The van der Waals surface area contributed by atoms with E-state index in [1.165, 1.54) is 0 Å². The van der Waals surface area contributed by atoms with Gasteiger partial charge in [-0.3, -0.25) is 19.4 Å². The SMILES string of the molecule is Cc1nc(-c2ccncc2)[nH]c(=O)c1CC(=O)C[C@H](C(=O)O)C(C)C. The molecule has 25 heavy (non-hydrogen) atoms. The first kappa shape index (κ1) is 18.5. The molecule has 0 aromatic carbocycles. The molecule has 0 amide bonds. The second-order valence-electron chi connectivity index (χ2n) is 6.32. The Kier molecular flexibility index (Phi) is 5.80. The van der Waals surface area contributed by atoms with Gasteiger partial charge in [0, 0.05) is 42.1 Å². The quantitative estimate of drug-likeness (QED) is 0.795. The highest BCUT2D eigenvalue weighted by molar-refractivity contribution is 5.85. The molecule has 132 valence electrons. The largest absolute Gasteiger partial charge is 0.481 e. The van der Waals surface area contributed by atoms with E-state index in [1.54, 1.807) is 45.3 Å². The lowest BCUT2D eigenvalue weighted by molar-refractivity contribution is -0.145. The zero-order valence-corrected chi connectivity index (χ0v) is 14.4. The Hall–Kier alpha value is -2.83. The van der Waals surface area contributed by atoms with Crippen molar-refractivity contribution in [3.05, 3.63) is 46.1 Å². The van der Waals surface area contributed by atoms with Crippen molar-refractivity contribution in [1.82, 2.24) is 15.0 Å². The maximum Gasteiger partial charge on any atom is 0.307 e. The molecule has 7 heteroatoms. The van der Waals surface area contributed by atoms with Gasteiger partial charge in [-0.05, 0) is 25.0 Å². The maximum atomic E-state index is 12.3. The molecular weight excluding hydrogens is 322 g/mol. The van der Waals surface area contributed by atoms with Gasteiger partial charge in [-0.15, -0.1) is 0 Å². The van der Waals surface area contributed by atoms with Crippen LogP contribution in [0.3, 0.4) is 0 Å². The van der Waals surface area contributed by atoms with E-state index >= 15 is 0 Å². The summed E-state index contributed by atoms with van der Waals surface area (Å²) < 4.78 is 0. The first-order valence-electron chi connectivity index (χ1n) is 8.04. The third-order valence-corrected chi connectivity index (χ3v) is 4.12. The van der Waals surface area contributed by atoms with Gasteiger partial charge >= 0.3 is 5.97 Å². The Morgan fingerprint density at radius 2 is 1.88 bits per heavy atom. The lowest BCUT2D eigenvalue weighted by atomic mass is 9.89. The number of hydrogen-bond acceptors (Lipinski definition) is 5. The summed E-state index contributed by atoms with van der Waals surface area (Å²) in [7, 11) is 0. The third-order valence-electron chi connectivity index (χ3n) is 4.12. The molecule has 0 bridgehead atoms. The van der Waals surface area contributed by atoms with Gasteiger partial charge in [0.1, 0.15) is 11.6 Å². The van der Waals surface area contributed by atoms with E-state index in [-0.39, 0.29) is 35.7 Å². The zero-order valence-electron chi connectivity index (χ0n) is 14.4. The summed E-state index contributed by atoms with van der Waals surface area (Å²) in [4.78, 5) is 46.8. The number of aromatic nitrogens is 3. The molecule has 2 aromatic rings. The van der Waals surface area contributed by atoms with Gasteiger partial charge in [0.2, 0.25) is 0 Å². The van der Waals surface area contributed by atoms with Crippen LogP contribution in [0.5, 0.6) is 0 Å². The molecule has 1 atom stereocenters. The number of aromatic amines is 1. The number of carboxylic acids is 1. The monoisotopic (exact) mass is 343 g/mol. The van der Waals surface area contributed by atoms with Crippen LogP contribution in [0.15, 0.2) is 29.3 Å². The summed E-state index contributed by atoms with van der Waals surface area (Å²) in [5, 5.41) is 9.19. The van der Waals surface area contributed by atoms with Gasteiger partial charge < -0.3 is 10.1 Å². The molecule has 2 aromatic heterocycles. The smallest absolute Gasteiger partial charge is 0.307 e. The minimum Gasteiger partial charge on any atom is -0.481 e. The number of rotatable bonds is 7. The Morgan fingerprint density at radius 1 is 1.24 bits per heavy atom. The standard InChI is InChI=1S/C18H21N3O4/c1-10(2)14(18(24)25)8-13(22)9-15-11(3)20-16(21-17(15)23)12-4-6-19-7-5-12/h4-7,10,14H,8-9H2,1-3H3,(H,24,25)(H,20,21,23)/t14-/m0/s1. The van der Waals surface area contributed by atoms with Crippen LogP contribution < -0.4 is 5.56 Å². The van der Waals surface area contributed by atoms with Gasteiger partial charge in [-0.1, -0.05) is 13.8 Å². The maximum absolute atomic E-state index is 12.3. The van der Waals surface area contributed by atoms with Gasteiger partial charge in [-0.2, -0.15) is 0 Å². The number of carbonyl (C=O) groups excluding carboxylic acids is 1. The number of carboxylic acid groups (broad SMARTS) is 1. The minimum atomic E-state index is -1.000. The van der Waals surface area contributed by atoms with E-state index in [9.17, 15) is 19.5 Å². The van der Waals surface area contributed by atoms with Gasteiger partial charge in [-0.25, -0.2) is 4.98 Å². The fourth-order valence-electron chi connectivity index (χ4n) is 2.59. The zero-order chi connectivity index (χ0) is 18.6. The van der Waals surface area contributed by atoms with E-state index in [0.717, 1.165) is 5.56 Å². The van der Waals surface area contributed by atoms with Crippen LogP contribution in [-0.4, -0.2) is 31.8 Å². The lowest BCUT2D eigenvalue weighted by Gasteiger charge is -2.15. The number of pyridine rings is 1. The highest BCUT2D eigenvalue weighted by atomic mass is 16.4. The van der Waals surface area contributed by atoms with Crippen LogP contribution in [0.25, 0.3) is 11.4 Å². The van der Waals surface area contributed by atoms with Crippen LogP contribution in [0.4, 0.5) is 0 Å². The summed E-state index contributed by atoms with van der Waals surface area (Å²) in [6.07, 6.45) is 2.97. The summed E-state index contributed by atoms with van der Waals surface area (Å²) in [5.74, 6) is -1.79. The van der Waals surface area contributed by atoms with Crippen molar-refractivity contribution < 1.29 is 14.7 Å². The molecule has 2 rings (SSSR count). The number of aryl methyl sites for hydroxylation is 1. The Bertz CT molecular complexity index is 828. The van der Waals surface area contributed by atoms with Crippen LogP contribution in [0, 0.1) is 18.8 Å². The van der Waals surface area contributed by atoms with Crippen molar-refractivity contribution in [2.75, 3.05) is 0 Å². The van der Waals surface area contributed by atoms with E-state index in [0.29, 0.717) is 11.5 Å². The van der Waals surface area contributed by atoms with Crippen molar-refractivity contribution >= 4 is 11.8 Å². The van der Waals surface area contributed by atoms with Crippen molar-refractivity contribution in [1.29, 1.82) is 0 Å². The van der Waals surface area contributed by atoms with Crippen molar-refractivity contribution in [2.45, 2.75) is 33.6 Å². The molecular formula is C18H21N3O4. The van der Waals surface area contributed by atoms with Crippen LogP contribution in [0.1, 0.15) is 31.5 Å². The molecule has 0 unspecified atom stereocenters. The number of aliphatic carboxylic acids is 1. The molecule has 7 nitrogen and oxygen atoms in total. The topological polar surface area (TPSA) is 113 Å². The molecule has 0 radical (unpaired) electrons. The fraction of sp³-hybridized carbons (Fsp3) is 0.389. The molecule has 2 N–H and O–H groups in total. The van der Waals surface area contributed by atoms with Crippen LogP contribution in [0.2, 0.25) is 0 Å². The Morgan fingerprint density at radius 3 is 2.40 bits per heavy atom. The molecule has 0 saturated carbocycles. The van der Waals surface area contributed by atoms with Crippen molar-refractivity contribution in [2.24, 2.45) is 11.8 Å². The minimum absolute atomic E-state index is 0.0992. The lowest BCUT2D eigenvalue weighted by Crippen LogP contribution is -2.26. The summed E-state index contributed by atoms with van der Waals surface area (Å²) >= 11 is 0. The summed E-state index contributed by atoms with van der Waals surface area (Å²) in [6.45, 7) is 5.18. The van der Waals surface area contributed by atoms with E-state index in [2.05, 4.69) is 15.0 Å². The summed E-state index contributed by atoms with van der Waals surface area (Å²) in [5.41, 5.74) is 1.07. The van der Waals surface area contributed by atoms with E-state index < -0.39 is 11.9 Å². The number of nitrogens with one attached hydrogen (secondary N) is 1. The number of nitrogens with zero attached hydrogens (tertiary/aromatic N) is 2. The van der Waals surface area contributed by atoms with Crippen LogP contribution in [-0.2, 0) is 16.0 Å². The predicted molar refractivity (Wildman–Crippen MR) is 92.1 cm³/mol. The Balaban J connectivity index is 2.22. The number of ketones is 1. The molecule has 0 aliphatic heterocycles. The summed E-state index contributed by atoms with van der Waals surface area (Å²) in [6, 6.07) is 3.45. The highest BCUT2D eigenvalue weighted by Crippen LogP contribution is 2.18. The number of Topliss-reactive ketones (excluding diaryl/α,β-unsaturated/α-hetero) is 1. The molecule has 0 spiro atoms. The molecule has 2 heterocycles. The van der Waals surface area contributed by atoms with Crippen LogP contribution >= 0.6 is 0 Å². The van der Waals surface area contributed by atoms with Gasteiger partial charge in [0.25, 0.3) is 5.56 Å². The molecule has 0 saturated heterocycles. The highest BCUT2D eigenvalue weighted by Gasteiger charge is 2.25. The molecule has 0 aliphatic carbocycles. The van der Waals surface area contributed by atoms with E-state index in [4.69, 9.17) is 0 Å². The average molecular weight is 343 g/mol. The first-order valence-corrected chi connectivity index (χ1v) is 8.04. The second kappa shape index (κ2) is 7.83.